The van der Waals surface area contributed by atoms with Gasteiger partial charge in [0.1, 0.15) is 23.6 Å². The molecule has 0 unspecified atom stereocenters. The van der Waals surface area contributed by atoms with Crippen molar-refractivity contribution in [3.63, 3.8) is 0 Å². The van der Waals surface area contributed by atoms with E-state index in [1.165, 1.54) is 60.9 Å². The minimum atomic E-state index is -4.06. The Kier molecular flexibility index (Phi) is 7.96. The van der Waals surface area contributed by atoms with Gasteiger partial charge in [0.2, 0.25) is 10.0 Å². The van der Waals surface area contributed by atoms with Gasteiger partial charge in [-0.1, -0.05) is 48.0 Å². The lowest BCUT2D eigenvalue weighted by Crippen LogP contribution is -2.44. The second-order valence-corrected chi connectivity index (χ2v) is 11.3. The number of esters is 1. The largest absolute Gasteiger partial charge is 0.463 e. The van der Waals surface area contributed by atoms with E-state index in [2.05, 4.69) is 4.72 Å². The molecule has 5 rings (SSSR count). The van der Waals surface area contributed by atoms with E-state index in [0.717, 1.165) is 5.56 Å². The Morgan fingerprint density at radius 3 is 2.33 bits per heavy atom. The zero-order valence-electron chi connectivity index (χ0n) is 22.2. The van der Waals surface area contributed by atoms with Crippen LogP contribution in [0, 0.1) is 17.0 Å². The molecule has 212 valence electrons. The smallest absolute Gasteiger partial charge is 0.329 e. The molecular formula is C31H24N2O8S. The minimum absolute atomic E-state index is 0.00951. The van der Waals surface area contributed by atoms with Crippen molar-refractivity contribution in [2.45, 2.75) is 24.3 Å². The monoisotopic (exact) mass is 584 g/mol. The maximum absolute atomic E-state index is 13.3. The number of non-ortho nitro benzene ring substituents is 1. The van der Waals surface area contributed by atoms with Gasteiger partial charge >= 0.3 is 5.97 Å². The van der Waals surface area contributed by atoms with Crippen LogP contribution in [0.2, 0.25) is 0 Å². The second kappa shape index (κ2) is 11.8. The third-order valence-corrected chi connectivity index (χ3v) is 8.04. The van der Waals surface area contributed by atoms with Gasteiger partial charge in [-0.05, 0) is 60.9 Å². The highest BCUT2D eigenvalue weighted by molar-refractivity contribution is 7.89. The predicted molar refractivity (Wildman–Crippen MR) is 156 cm³/mol. The number of nitro benzene ring substituents is 1. The van der Waals surface area contributed by atoms with Crippen molar-refractivity contribution in [1.82, 2.24) is 4.72 Å². The third kappa shape index (κ3) is 6.27. The van der Waals surface area contributed by atoms with Crippen molar-refractivity contribution in [3.05, 3.63) is 135 Å². The van der Waals surface area contributed by atoms with Crippen LogP contribution in [0.4, 0.5) is 5.69 Å². The summed E-state index contributed by atoms with van der Waals surface area (Å²) >= 11 is 0. The summed E-state index contributed by atoms with van der Waals surface area (Å²) in [6.07, 6.45) is 1.26. The summed E-state index contributed by atoms with van der Waals surface area (Å²) in [6.45, 7) is 1.83. The predicted octanol–water partition coefficient (Wildman–Crippen LogP) is 5.17. The van der Waals surface area contributed by atoms with E-state index < -0.39 is 27.0 Å². The minimum Gasteiger partial charge on any atom is -0.463 e. The van der Waals surface area contributed by atoms with Gasteiger partial charge in [0.15, 0.2) is 5.43 Å². The molecule has 1 aromatic heterocycles. The average Bonchev–Trinajstić information content (AvgIpc) is 2.98. The molecule has 1 heterocycles. The molecule has 0 aliphatic heterocycles. The van der Waals surface area contributed by atoms with E-state index in [0.29, 0.717) is 11.1 Å². The topological polar surface area (TPSA) is 146 Å². The summed E-state index contributed by atoms with van der Waals surface area (Å²) in [7, 11) is -4.06. The number of carbonyl (C=O) groups excluding carboxylic acids is 1. The van der Waals surface area contributed by atoms with Gasteiger partial charge < -0.3 is 9.15 Å². The number of benzene rings is 4. The molecule has 10 nitrogen and oxygen atoms in total. The Balaban J connectivity index is 1.41. The Bertz CT molecular complexity index is 1940. The Labute approximate surface area is 240 Å². The number of fused-ring (bicyclic) bond motifs is 1. The molecule has 1 N–H and O–H groups in total. The molecule has 11 heteroatoms. The Morgan fingerprint density at radius 2 is 1.67 bits per heavy atom. The van der Waals surface area contributed by atoms with Gasteiger partial charge in [-0.2, -0.15) is 4.72 Å². The van der Waals surface area contributed by atoms with Gasteiger partial charge in [-0.25, -0.2) is 13.2 Å². The Morgan fingerprint density at radius 1 is 0.976 bits per heavy atom. The second-order valence-electron chi connectivity index (χ2n) is 9.54. The molecule has 0 aliphatic rings. The fourth-order valence-corrected chi connectivity index (χ4v) is 5.50. The molecule has 0 saturated heterocycles. The van der Waals surface area contributed by atoms with Gasteiger partial charge in [-0.3, -0.25) is 14.9 Å². The number of carbonyl (C=O) groups is 1. The van der Waals surface area contributed by atoms with Gasteiger partial charge in [0.05, 0.1) is 20.8 Å². The van der Waals surface area contributed by atoms with E-state index in [-0.39, 0.29) is 44.7 Å². The Hall–Kier alpha value is -5.13. The first kappa shape index (κ1) is 28.4. The highest BCUT2D eigenvalue weighted by Crippen LogP contribution is 2.25. The van der Waals surface area contributed by atoms with Crippen LogP contribution in [0.25, 0.3) is 22.1 Å². The molecule has 0 fully saturated rings. The van der Waals surface area contributed by atoms with E-state index in [9.17, 15) is 28.1 Å². The average molecular weight is 585 g/mol. The van der Waals surface area contributed by atoms with Crippen LogP contribution in [-0.2, 0) is 21.2 Å². The van der Waals surface area contributed by atoms with Crippen LogP contribution in [0.1, 0.15) is 11.1 Å². The number of aryl methyl sites for hydroxylation is 1. The molecule has 5 aromatic rings. The summed E-state index contributed by atoms with van der Waals surface area (Å²) in [5.41, 5.74) is 1.90. The van der Waals surface area contributed by atoms with E-state index in [4.69, 9.17) is 9.15 Å². The van der Waals surface area contributed by atoms with Crippen LogP contribution in [0.15, 0.2) is 117 Å². The van der Waals surface area contributed by atoms with E-state index >= 15 is 0 Å². The summed E-state index contributed by atoms with van der Waals surface area (Å²) in [4.78, 5) is 36.8. The molecule has 0 spiro atoms. The fourth-order valence-electron chi connectivity index (χ4n) is 4.32. The number of hydrogen-bond acceptors (Lipinski definition) is 8. The SMILES string of the molecule is Cc1ccc(S(=O)(=O)N[C@@H](Cc2ccccc2)C(=O)Oc2ccc3c(=O)c(-c4ccc([N+](=O)[O-])cc4)coc3c2)cc1. The molecule has 0 amide bonds. The lowest BCUT2D eigenvalue weighted by atomic mass is 10.1. The lowest BCUT2D eigenvalue weighted by molar-refractivity contribution is -0.384. The molecule has 0 radical (unpaired) electrons. The maximum Gasteiger partial charge on any atom is 0.329 e. The highest BCUT2D eigenvalue weighted by atomic mass is 32.2. The van der Waals surface area contributed by atoms with Gasteiger partial charge in [0, 0.05) is 18.2 Å². The molecule has 1 atom stereocenters. The van der Waals surface area contributed by atoms with Crippen molar-refractivity contribution < 1.29 is 27.3 Å². The van der Waals surface area contributed by atoms with E-state index in [1.807, 2.05) is 13.0 Å². The number of sulfonamides is 1. The van der Waals surface area contributed by atoms with Crippen molar-refractivity contribution in [3.8, 4) is 16.9 Å². The number of hydrogen-bond donors (Lipinski definition) is 1. The van der Waals surface area contributed by atoms with Crippen molar-refractivity contribution >= 4 is 32.6 Å². The number of ether oxygens (including phenoxy) is 1. The van der Waals surface area contributed by atoms with Crippen LogP contribution < -0.4 is 14.9 Å². The van der Waals surface area contributed by atoms with Crippen LogP contribution >= 0.6 is 0 Å². The van der Waals surface area contributed by atoms with Crippen LogP contribution in [0.5, 0.6) is 5.75 Å². The zero-order chi connectivity index (χ0) is 29.9. The highest BCUT2D eigenvalue weighted by Gasteiger charge is 2.28. The zero-order valence-corrected chi connectivity index (χ0v) is 23.0. The quantitative estimate of drug-likeness (QED) is 0.108. The van der Waals surface area contributed by atoms with E-state index in [1.54, 1.807) is 36.4 Å². The van der Waals surface area contributed by atoms with Gasteiger partial charge in [0.25, 0.3) is 5.69 Å². The summed E-state index contributed by atoms with van der Waals surface area (Å²) in [5, 5.41) is 11.1. The first-order valence-electron chi connectivity index (χ1n) is 12.8. The maximum atomic E-state index is 13.3. The number of nitrogens with one attached hydrogen (secondary N) is 1. The fraction of sp³-hybridized carbons (Fsp3) is 0.0968. The molecule has 0 saturated carbocycles. The normalized spacial score (nSPS) is 12.1. The summed E-state index contributed by atoms with van der Waals surface area (Å²) in [6, 6.07) is 23.6. The van der Waals surface area contributed by atoms with Crippen molar-refractivity contribution in [2.24, 2.45) is 0 Å². The third-order valence-electron chi connectivity index (χ3n) is 6.55. The van der Waals surface area contributed by atoms with Crippen molar-refractivity contribution in [2.75, 3.05) is 0 Å². The standard InChI is InChI=1S/C31H24N2O8S/c1-20-7-14-25(15-8-20)42(38,39)32-28(17-21-5-3-2-4-6-21)31(35)41-24-13-16-26-29(18-24)40-19-27(30(26)34)22-9-11-23(12-10-22)33(36)37/h2-16,18-19,28,32H,17H2,1H3/t28-/m0/s1. The molecule has 0 bridgehead atoms. The summed E-state index contributed by atoms with van der Waals surface area (Å²) in [5.74, 6) is -0.801. The molecular weight excluding hydrogens is 560 g/mol. The number of rotatable bonds is 9. The molecule has 42 heavy (non-hydrogen) atoms. The molecule has 4 aromatic carbocycles. The number of nitrogens with zero attached hydrogens (tertiary/aromatic N) is 1. The van der Waals surface area contributed by atoms with Crippen LogP contribution in [0.3, 0.4) is 0 Å². The molecule has 0 aliphatic carbocycles. The number of nitro groups is 1. The first-order chi connectivity index (χ1) is 20.1. The van der Waals surface area contributed by atoms with Crippen molar-refractivity contribution in [1.29, 1.82) is 0 Å². The summed E-state index contributed by atoms with van der Waals surface area (Å²) < 4.78 is 39.9. The first-order valence-corrected chi connectivity index (χ1v) is 14.2. The van der Waals surface area contributed by atoms with Gasteiger partial charge in [-0.15, -0.1) is 0 Å². The van der Waals surface area contributed by atoms with Crippen LogP contribution in [-0.4, -0.2) is 25.4 Å². The lowest BCUT2D eigenvalue weighted by Gasteiger charge is -2.18.